The summed E-state index contributed by atoms with van der Waals surface area (Å²) in [6.45, 7) is 0. The number of oxime groups is 1. The number of benzene rings is 3. The molecule has 0 unspecified atom stereocenters. The Morgan fingerprint density at radius 3 is 1.95 bits per heavy atom. The second-order valence-electron chi connectivity index (χ2n) is 8.42. The van der Waals surface area contributed by atoms with Gasteiger partial charge in [-0.15, -0.1) is 0 Å². The normalized spacial score (nSPS) is 13.6. The molecule has 0 radical (unpaired) electrons. The molecule has 3 aromatic carbocycles. The summed E-state index contributed by atoms with van der Waals surface area (Å²) in [7, 11) is -3.80. The van der Waals surface area contributed by atoms with Crippen LogP contribution >= 0.6 is 34.8 Å². The Morgan fingerprint density at radius 2 is 1.39 bits per heavy atom. The van der Waals surface area contributed by atoms with Crippen LogP contribution in [0.5, 0.6) is 0 Å². The Morgan fingerprint density at radius 1 is 0.841 bits per heavy atom. The Hall–Kier alpha value is -4.16. The van der Waals surface area contributed by atoms with E-state index in [0.29, 0.717) is 23.6 Å². The molecule has 0 aromatic heterocycles. The number of hydrogen-bond acceptors (Lipinski definition) is 9. The monoisotopic (exact) mass is 681 g/mol. The summed E-state index contributed by atoms with van der Waals surface area (Å²) in [6, 6.07) is 19.2. The second-order valence-corrected chi connectivity index (χ2v) is 11.2. The molecule has 0 fully saturated rings. The third kappa shape index (κ3) is 10.5. The van der Waals surface area contributed by atoms with Crippen molar-refractivity contribution >= 4 is 75.2 Å². The lowest BCUT2D eigenvalue weighted by molar-refractivity contribution is -0.144. The first-order chi connectivity index (χ1) is 21.0. The molecule has 44 heavy (non-hydrogen) atoms. The van der Waals surface area contributed by atoms with Crippen LogP contribution in [0.15, 0.2) is 107 Å². The molecule has 9 nitrogen and oxygen atoms in total. The maximum atomic E-state index is 15.4. The van der Waals surface area contributed by atoms with Crippen LogP contribution in [0.4, 0.5) is 4.39 Å². The van der Waals surface area contributed by atoms with Crippen LogP contribution < -0.4 is 0 Å². The van der Waals surface area contributed by atoms with Gasteiger partial charge in [0.2, 0.25) is 0 Å². The van der Waals surface area contributed by atoms with Gasteiger partial charge in [0, 0.05) is 12.2 Å². The van der Waals surface area contributed by atoms with Crippen molar-refractivity contribution in [3.63, 3.8) is 0 Å². The van der Waals surface area contributed by atoms with E-state index in [1.165, 1.54) is 12.2 Å². The standard InChI is InChI=1S/C30H23Cl3FNO8S/c1-40-35-18-25(34)30(42-29(37)15-13-21-10-6-3-7-11-21)26(19-41-28(36)14-12-20-8-4-2-5-9-20)43-44(38,39)27-17-23(32)22(31)16-24(27)33/h2-19,25,30H,1H3/b14-12+,15-13+,26-19+,35-18-/t25-,30+/m1/s1. The Kier molecular flexibility index (Phi) is 13.0. The first-order valence-corrected chi connectivity index (χ1v) is 14.9. The zero-order valence-corrected chi connectivity index (χ0v) is 25.8. The first kappa shape index (κ1) is 34.3. The molecule has 0 saturated carbocycles. The molecule has 3 aromatic rings. The lowest BCUT2D eigenvalue weighted by Crippen LogP contribution is -2.33. The lowest BCUT2D eigenvalue weighted by atomic mass is 10.2. The summed E-state index contributed by atoms with van der Waals surface area (Å²) in [5.41, 5.74) is 1.26. The number of ether oxygens (including phenoxy) is 2. The second kappa shape index (κ2) is 16.6. The van der Waals surface area contributed by atoms with Crippen LogP contribution in [0.2, 0.25) is 15.1 Å². The number of carbonyl (C=O) groups excluding carboxylic acids is 2. The van der Waals surface area contributed by atoms with Gasteiger partial charge in [0.1, 0.15) is 18.3 Å². The zero-order chi connectivity index (χ0) is 32.1. The van der Waals surface area contributed by atoms with Gasteiger partial charge < -0.3 is 18.5 Å². The number of carbonyl (C=O) groups is 2. The Bertz CT molecular complexity index is 1680. The van der Waals surface area contributed by atoms with E-state index in [4.69, 9.17) is 48.5 Å². The van der Waals surface area contributed by atoms with Crippen LogP contribution in [0, 0.1) is 0 Å². The highest BCUT2D eigenvalue weighted by Gasteiger charge is 2.35. The summed E-state index contributed by atoms with van der Waals surface area (Å²) in [5.74, 6) is -3.08. The van der Waals surface area contributed by atoms with Crippen molar-refractivity contribution in [2.24, 2.45) is 5.16 Å². The number of esters is 2. The van der Waals surface area contributed by atoms with E-state index < -0.39 is 50.0 Å². The van der Waals surface area contributed by atoms with Crippen LogP contribution in [0.3, 0.4) is 0 Å². The third-order valence-corrected chi connectivity index (χ3v) is 7.72. The van der Waals surface area contributed by atoms with E-state index in [-0.39, 0.29) is 10.0 Å². The van der Waals surface area contributed by atoms with E-state index in [9.17, 15) is 18.0 Å². The molecule has 2 atom stereocenters. The number of hydrogen-bond donors (Lipinski definition) is 0. The average Bonchev–Trinajstić information content (AvgIpc) is 3.01. The summed E-state index contributed by atoms with van der Waals surface area (Å²) >= 11 is 17.9. The van der Waals surface area contributed by atoms with Gasteiger partial charge in [0.15, 0.2) is 18.0 Å². The van der Waals surface area contributed by atoms with Crippen LogP contribution in [-0.2, 0) is 38.2 Å². The number of alkyl halides is 1. The highest BCUT2D eigenvalue weighted by molar-refractivity contribution is 7.87. The van der Waals surface area contributed by atoms with Gasteiger partial charge >= 0.3 is 22.1 Å². The van der Waals surface area contributed by atoms with E-state index >= 15 is 4.39 Å². The summed E-state index contributed by atoms with van der Waals surface area (Å²) < 4.78 is 57.4. The summed E-state index contributed by atoms with van der Waals surface area (Å²) in [5, 5.41) is 2.68. The predicted molar refractivity (Wildman–Crippen MR) is 165 cm³/mol. The van der Waals surface area contributed by atoms with Crippen molar-refractivity contribution in [2.75, 3.05) is 7.11 Å². The van der Waals surface area contributed by atoms with Gasteiger partial charge in [-0.1, -0.05) is 101 Å². The van der Waals surface area contributed by atoms with Crippen LogP contribution in [-0.4, -0.2) is 46.0 Å². The largest absolute Gasteiger partial charge is 0.447 e. The van der Waals surface area contributed by atoms with Crippen molar-refractivity contribution in [3.05, 3.63) is 123 Å². The average molecular weight is 683 g/mol. The molecule has 0 spiro atoms. The number of rotatable bonds is 13. The first-order valence-electron chi connectivity index (χ1n) is 12.4. The van der Waals surface area contributed by atoms with E-state index in [1.54, 1.807) is 60.7 Å². The highest BCUT2D eigenvalue weighted by atomic mass is 35.5. The highest BCUT2D eigenvalue weighted by Crippen LogP contribution is 2.34. The van der Waals surface area contributed by atoms with E-state index in [1.807, 2.05) is 0 Å². The topological polar surface area (TPSA) is 118 Å². The fourth-order valence-corrected chi connectivity index (χ4v) is 5.19. The van der Waals surface area contributed by atoms with Crippen molar-refractivity contribution in [2.45, 2.75) is 17.2 Å². The maximum absolute atomic E-state index is 15.4. The molecule has 0 N–H and O–H groups in total. The minimum Gasteiger partial charge on any atom is -0.447 e. The third-order valence-electron chi connectivity index (χ3n) is 5.29. The van der Waals surface area contributed by atoms with Crippen LogP contribution in [0.25, 0.3) is 12.2 Å². The Balaban J connectivity index is 2.01. The minimum absolute atomic E-state index is 0.0536. The van der Waals surface area contributed by atoms with Gasteiger partial charge in [0.25, 0.3) is 0 Å². The van der Waals surface area contributed by atoms with Gasteiger partial charge in [-0.05, 0) is 35.4 Å². The van der Waals surface area contributed by atoms with Crippen molar-refractivity contribution in [1.29, 1.82) is 0 Å². The van der Waals surface area contributed by atoms with E-state index in [0.717, 1.165) is 31.4 Å². The SMILES string of the molecule is CO/N=C\[C@@H](F)[C@H](OC(=O)/C=C/c1ccccc1)/C(=C\OC(=O)/C=C/c1ccccc1)OS(=O)(=O)c1cc(Cl)c(Cl)cc1Cl. The van der Waals surface area contributed by atoms with Gasteiger partial charge in [-0.2, -0.15) is 8.42 Å². The van der Waals surface area contributed by atoms with Gasteiger partial charge in [0.05, 0.1) is 21.3 Å². The fourth-order valence-electron chi connectivity index (χ4n) is 3.26. The van der Waals surface area contributed by atoms with Crippen molar-refractivity contribution in [1.82, 2.24) is 0 Å². The molecule has 0 amide bonds. The summed E-state index contributed by atoms with van der Waals surface area (Å²) in [4.78, 5) is 29.0. The molecule has 0 saturated heterocycles. The molecule has 0 aliphatic heterocycles. The molecule has 3 rings (SSSR count). The van der Waals surface area contributed by atoms with Crippen molar-refractivity contribution in [3.8, 4) is 0 Å². The summed E-state index contributed by atoms with van der Waals surface area (Å²) in [6.07, 6.45) is 1.31. The molecular formula is C30H23Cl3FNO8S. The van der Waals surface area contributed by atoms with E-state index in [2.05, 4.69) is 9.99 Å². The molecule has 14 heteroatoms. The molecular weight excluding hydrogens is 660 g/mol. The van der Waals surface area contributed by atoms with Gasteiger partial charge in [-0.3, -0.25) is 0 Å². The molecule has 0 heterocycles. The smallest absolute Gasteiger partial charge is 0.340 e. The lowest BCUT2D eigenvalue weighted by Gasteiger charge is -2.21. The minimum atomic E-state index is -4.93. The molecule has 0 aliphatic rings. The molecule has 0 bridgehead atoms. The predicted octanol–water partition coefficient (Wildman–Crippen LogP) is 7.05. The fraction of sp³-hybridized carbons (Fsp3) is 0.100. The number of halogens is 4. The zero-order valence-electron chi connectivity index (χ0n) is 22.7. The molecule has 230 valence electrons. The van der Waals surface area contributed by atoms with Gasteiger partial charge in [-0.25, -0.2) is 14.0 Å². The quantitative estimate of drug-likeness (QED) is 0.0358. The van der Waals surface area contributed by atoms with Crippen LogP contribution in [0.1, 0.15) is 11.1 Å². The maximum Gasteiger partial charge on any atom is 0.340 e. The Labute approximate surface area is 267 Å². The van der Waals surface area contributed by atoms with Crippen molar-refractivity contribution < 1.29 is 40.9 Å². The number of nitrogens with zero attached hydrogens (tertiary/aromatic N) is 1. The molecule has 0 aliphatic carbocycles.